The van der Waals surface area contributed by atoms with Crippen LogP contribution in [0.5, 0.6) is 0 Å². The molecule has 4 saturated carbocycles. The minimum absolute atomic E-state index is 0.0821. The van der Waals surface area contributed by atoms with Gasteiger partial charge in [-0.3, -0.25) is 4.79 Å². The summed E-state index contributed by atoms with van der Waals surface area (Å²) in [5.41, 5.74) is 0.287. The van der Waals surface area contributed by atoms with Gasteiger partial charge in [-0.25, -0.2) is 0 Å². The number of cyclic esters (lactones) is 1. The molecule has 5 rings (SSSR count). The Morgan fingerprint density at radius 1 is 1.21 bits per heavy atom. The summed E-state index contributed by atoms with van der Waals surface area (Å²) in [6.07, 6.45) is 7.89. The molecule has 8 unspecified atom stereocenters. The predicted octanol–water partition coefficient (Wildman–Crippen LogP) is 3.26. The molecule has 2 nitrogen and oxygen atoms in total. The normalized spacial score (nSPS) is 61.1. The van der Waals surface area contributed by atoms with Crippen molar-refractivity contribution in [2.24, 2.45) is 46.8 Å². The quantitative estimate of drug-likeness (QED) is 0.534. The SMILES string of the molecule is CCC1CC2CC1C1C3CC(C21)C1(COC(=O)C1)C3. The Labute approximate surface area is 115 Å². The molecule has 0 aromatic heterocycles. The second-order valence-corrected chi connectivity index (χ2v) is 8.22. The third kappa shape index (κ3) is 1.18. The maximum atomic E-state index is 11.6. The molecule has 19 heavy (non-hydrogen) atoms. The number of ether oxygens (including phenoxy) is 1. The Morgan fingerprint density at radius 2 is 2.11 bits per heavy atom. The molecule has 0 aromatic rings. The Kier molecular flexibility index (Phi) is 1.98. The van der Waals surface area contributed by atoms with E-state index in [4.69, 9.17) is 4.74 Å². The van der Waals surface area contributed by atoms with Crippen molar-refractivity contribution in [1.82, 2.24) is 0 Å². The highest BCUT2D eigenvalue weighted by Crippen LogP contribution is 2.74. The summed E-state index contributed by atoms with van der Waals surface area (Å²) in [7, 11) is 0. The van der Waals surface area contributed by atoms with Gasteiger partial charge < -0.3 is 4.74 Å². The van der Waals surface area contributed by atoms with Crippen LogP contribution in [0.2, 0.25) is 0 Å². The summed E-state index contributed by atoms with van der Waals surface area (Å²) in [4.78, 5) is 11.6. The number of fused-ring (bicyclic) bond motifs is 10. The molecule has 5 aliphatic rings. The molecule has 4 bridgehead atoms. The zero-order chi connectivity index (χ0) is 12.8. The van der Waals surface area contributed by atoms with Gasteiger partial charge in [0.15, 0.2) is 0 Å². The number of hydrogen-bond acceptors (Lipinski definition) is 2. The average molecular weight is 260 g/mol. The van der Waals surface area contributed by atoms with E-state index in [1.807, 2.05) is 0 Å². The van der Waals surface area contributed by atoms with Crippen molar-refractivity contribution < 1.29 is 9.53 Å². The van der Waals surface area contributed by atoms with Crippen LogP contribution < -0.4 is 0 Å². The summed E-state index contributed by atoms with van der Waals surface area (Å²) < 4.78 is 5.38. The van der Waals surface area contributed by atoms with Crippen LogP contribution in [0.25, 0.3) is 0 Å². The number of esters is 1. The van der Waals surface area contributed by atoms with Crippen molar-refractivity contribution in [3.63, 3.8) is 0 Å². The van der Waals surface area contributed by atoms with E-state index in [1.165, 1.54) is 32.1 Å². The molecule has 8 atom stereocenters. The Morgan fingerprint density at radius 3 is 2.84 bits per heavy atom. The zero-order valence-electron chi connectivity index (χ0n) is 11.8. The van der Waals surface area contributed by atoms with E-state index in [0.717, 1.165) is 54.5 Å². The van der Waals surface area contributed by atoms with Crippen LogP contribution in [-0.2, 0) is 9.53 Å². The van der Waals surface area contributed by atoms with Crippen molar-refractivity contribution in [3.05, 3.63) is 0 Å². The molecule has 4 aliphatic carbocycles. The Hall–Kier alpha value is -0.530. The van der Waals surface area contributed by atoms with Crippen LogP contribution in [0.1, 0.15) is 45.4 Å². The average Bonchev–Trinajstić information content (AvgIpc) is 3.14. The minimum Gasteiger partial charge on any atom is -0.465 e. The highest BCUT2D eigenvalue weighted by Gasteiger charge is 2.69. The second kappa shape index (κ2) is 3.38. The van der Waals surface area contributed by atoms with Gasteiger partial charge in [0.25, 0.3) is 0 Å². The van der Waals surface area contributed by atoms with E-state index < -0.39 is 0 Å². The second-order valence-electron chi connectivity index (χ2n) is 8.22. The first kappa shape index (κ1) is 11.2. The highest BCUT2D eigenvalue weighted by molar-refractivity contribution is 5.72. The molecule has 1 aliphatic heterocycles. The summed E-state index contributed by atoms with van der Waals surface area (Å²) >= 11 is 0. The molecule has 1 spiro atoms. The predicted molar refractivity (Wildman–Crippen MR) is 71.2 cm³/mol. The first-order valence-electron chi connectivity index (χ1n) is 8.37. The highest BCUT2D eigenvalue weighted by atomic mass is 16.5. The smallest absolute Gasteiger partial charge is 0.306 e. The van der Waals surface area contributed by atoms with Crippen molar-refractivity contribution in [3.8, 4) is 0 Å². The van der Waals surface area contributed by atoms with Crippen LogP contribution >= 0.6 is 0 Å². The lowest BCUT2D eigenvalue weighted by Crippen LogP contribution is -2.42. The van der Waals surface area contributed by atoms with Crippen LogP contribution in [0.4, 0.5) is 0 Å². The van der Waals surface area contributed by atoms with Crippen molar-refractivity contribution >= 4 is 5.97 Å². The largest absolute Gasteiger partial charge is 0.465 e. The first-order chi connectivity index (χ1) is 9.22. The Balaban J connectivity index is 1.48. The number of hydrogen-bond donors (Lipinski definition) is 0. The number of carbonyl (C=O) groups is 1. The van der Waals surface area contributed by atoms with Gasteiger partial charge in [-0.1, -0.05) is 13.3 Å². The van der Waals surface area contributed by atoms with E-state index in [0.29, 0.717) is 0 Å². The van der Waals surface area contributed by atoms with Crippen molar-refractivity contribution in [2.45, 2.75) is 45.4 Å². The van der Waals surface area contributed by atoms with Gasteiger partial charge in [-0.15, -0.1) is 0 Å². The fraction of sp³-hybridized carbons (Fsp3) is 0.941. The molecule has 1 heterocycles. The number of carbonyl (C=O) groups excluding carboxylic acids is 1. The van der Waals surface area contributed by atoms with Gasteiger partial charge >= 0.3 is 5.97 Å². The third-order valence-corrected chi connectivity index (χ3v) is 7.83. The van der Waals surface area contributed by atoms with Gasteiger partial charge in [0.05, 0.1) is 13.0 Å². The molecule has 0 aromatic carbocycles. The van der Waals surface area contributed by atoms with Gasteiger partial charge in [-0.2, -0.15) is 0 Å². The fourth-order valence-electron chi connectivity index (χ4n) is 7.49. The molecule has 104 valence electrons. The van der Waals surface area contributed by atoms with Crippen LogP contribution in [0, 0.1) is 46.8 Å². The lowest BCUT2D eigenvalue weighted by molar-refractivity contribution is -0.137. The van der Waals surface area contributed by atoms with E-state index in [1.54, 1.807) is 0 Å². The maximum absolute atomic E-state index is 11.6. The van der Waals surface area contributed by atoms with Gasteiger partial charge in [0.1, 0.15) is 0 Å². The van der Waals surface area contributed by atoms with Crippen LogP contribution in [0.3, 0.4) is 0 Å². The maximum Gasteiger partial charge on any atom is 0.306 e. The van der Waals surface area contributed by atoms with Gasteiger partial charge in [0, 0.05) is 5.41 Å². The molecule has 1 saturated heterocycles. The van der Waals surface area contributed by atoms with Crippen LogP contribution in [0.15, 0.2) is 0 Å². The fourth-order valence-corrected chi connectivity index (χ4v) is 7.49. The lowest BCUT2D eigenvalue weighted by atomic mass is 9.59. The molecule has 0 radical (unpaired) electrons. The van der Waals surface area contributed by atoms with E-state index in [2.05, 4.69) is 6.92 Å². The van der Waals surface area contributed by atoms with Crippen molar-refractivity contribution in [2.75, 3.05) is 6.61 Å². The number of rotatable bonds is 1. The monoisotopic (exact) mass is 260 g/mol. The summed E-state index contributed by atoms with van der Waals surface area (Å²) in [5, 5.41) is 0. The molecular weight excluding hydrogens is 236 g/mol. The Bertz CT molecular complexity index is 445. The van der Waals surface area contributed by atoms with E-state index in [-0.39, 0.29) is 11.4 Å². The molecular formula is C17H24O2. The summed E-state index contributed by atoms with van der Waals surface area (Å²) in [6.45, 7) is 3.14. The van der Waals surface area contributed by atoms with Crippen molar-refractivity contribution in [1.29, 1.82) is 0 Å². The lowest BCUT2D eigenvalue weighted by Gasteiger charge is -2.45. The molecule has 0 N–H and O–H groups in total. The van der Waals surface area contributed by atoms with E-state index in [9.17, 15) is 4.79 Å². The molecule has 5 fully saturated rings. The molecule has 0 amide bonds. The topological polar surface area (TPSA) is 26.3 Å². The summed E-state index contributed by atoms with van der Waals surface area (Å²) in [6, 6.07) is 0. The van der Waals surface area contributed by atoms with Crippen LogP contribution in [-0.4, -0.2) is 12.6 Å². The summed E-state index contributed by atoms with van der Waals surface area (Å²) in [5.74, 6) is 6.95. The van der Waals surface area contributed by atoms with Gasteiger partial charge in [-0.05, 0) is 67.1 Å². The standard InChI is InChI=1S/C17H24O2/c1-2-9-3-10-4-12(9)15-11-5-13(16(10)15)17(6-11)7-14(18)19-8-17/h9-13,15-16H,2-8H2,1H3. The van der Waals surface area contributed by atoms with E-state index >= 15 is 0 Å². The zero-order valence-corrected chi connectivity index (χ0v) is 11.8. The van der Waals surface area contributed by atoms with Gasteiger partial charge in [0.2, 0.25) is 0 Å². The first-order valence-corrected chi connectivity index (χ1v) is 8.37. The molecule has 2 heteroatoms. The third-order valence-electron chi connectivity index (χ3n) is 7.83. The minimum atomic E-state index is 0.0821.